The van der Waals surface area contributed by atoms with E-state index in [0.717, 1.165) is 23.7 Å². The van der Waals surface area contributed by atoms with Gasteiger partial charge in [-0.2, -0.15) is 0 Å². The molecule has 1 aromatic rings. The molecule has 0 radical (unpaired) electrons. The van der Waals surface area contributed by atoms with E-state index >= 15 is 0 Å². The van der Waals surface area contributed by atoms with Crippen molar-refractivity contribution in [1.29, 1.82) is 0 Å². The summed E-state index contributed by atoms with van der Waals surface area (Å²) in [5.74, 6) is 3.57. The Kier molecular flexibility index (Phi) is 2.86. The predicted octanol–water partition coefficient (Wildman–Crippen LogP) is 2.90. The normalized spacial score (nSPS) is 38.3. The van der Waals surface area contributed by atoms with Crippen molar-refractivity contribution < 1.29 is 9.90 Å². The third kappa shape index (κ3) is 2.05. The van der Waals surface area contributed by atoms with Gasteiger partial charge in [0.15, 0.2) is 0 Å². The molecular formula is C16H22N2O2. The number of carbonyl (C=O) groups is 1. The van der Waals surface area contributed by atoms with Gasteiger partial charge in [0.25, 0.3) is 0 Å². The Morgan fingerprint density at radius 3 is 2.45 bits per heavy atom. The van der Waals surface area contributed by atoms with Crippen LogP contribution in [0.1, 0.15) is 50.1 Å². The fourth-order valence-electron chi connectivity index (χ4n) is 5.30. The van der Waals surface area contributed by atoms with Crippen LogP contribution in [-0.4, -0.2) is 20.6 Å². The zero-order chi connectivity index (χ0) is 13.7. The second-order valence-corrected chi connectivity index (χ2v) is 7.14. The number of carboxylic acid groups (broad SMARTS) is 1. The van der Waals surface area contributed by atoms with Crippen LogP contribution in [0.2, 0.25) is 0 Å². The first kappa shape index (κ1) is 12.4. The molecule has 0 aliphatic heterocycles. The van der Waals surface area contributed by atoms with Crippen LogP contribution in [0, 0.1) is 23.7 Å². The van der Waals surface area contributed by atoms with Crippen molar-refractivity contribution in [3.8, 4) is 0 Å². The Hall–Kier alpha value is -1.32. The van der Waals surface area contributed by atoms with E-state index in [0.29, 0.717) is 12.5 Å². The number of aliphatic carboxylic acids is 1. The van der Waals surface area contributed by atoms with Crippen molar-refractivity contribution in [2.75, 3.05) is 0 Å². The summed E-state index contributed by atoms with van der Waals surface area (Å²) in [5.41, 5.74) is 1.23. The lowest BCUT2D eigenvalue weighted by Crippen LogP contribution is -2.43. The number of hydrogen-bond donors (Lipinski definition) is 1. The van der Waals surface area contributed by atoms with Gasteiger partial charge in [0.05, 0.1) is 18.4 Å². The summed E-state index contributed by atoms with van der Waals surface area (Å²) in [7, 11) is 0. The first-order chi connectivity index (χ1) is 9.69. The van der Waals surface area contributed by atoms with Crippen LogP contribution in [0.4, 0.5) is 0 Å². The van der Waals surface area contributed by atoms with Gasteiger partial charge in [0.2, 0.25) is 0 Å². The average molecular weight is 274 g/mol. The quantitative estimate of drug-likeness (QED) is 0.918. The van der Waals surface area contributed by atoms with Crippen molar-refractivity contribution in [1.82, 2.24) is 9.55 Å². The van der Waals surface area contributed by atoms with E-state index in [2.05, 4.69) is 11.2 Å². The molecular weight excluding hydrogens is 252 g/mol. The maximum absolute atomic E-state index is 10.6. The molecule has 4 aliphatic carbocycles. The van der Waals surface area contributed by atoms with Gasteiger partial charge < -0.3 is 9.67 Å². The topological polar surface area (TPSA) is 55.1 Å². The molecule has 4 nitrogen and oxygen atoms in total. The lowest BCUT2D eigenvalue weighted by molar-refractivity contribution is -0.137. The molecule has 4 aliphatic rings. The molecule has 0 spiro atoms. The first-order valence-corrected chi connectivity index (χ1v) is 7.92. The highest BCUT2D eigenvalue weighted by Gasteiger charge is 2.49. The number of rotatable bonds is 4. The summed E-state index contributed by atoms with van der Waals surface area (Å²) in [5, 5.41) is 8.76. The summed E-state index contributed by atoms with van der Waals surface area (Å²) in [6, 6.07) is 0. The molecule has 0 aromatic carbocycles. The Balaban J connectivity index is 1.51. The minimum Gasteiger partial charge on any atom is -0.481 e. The molecule has 0 amide bonds. The van der Waals surface area contributed by atoms with Gasteiger partial charge in [-0.15, -0.1) is 0 Å². The predicted molar refractivity (Wildman–Crippen MR) is 74.3 cm³/mol. The van der Waals surface area contributed by atoms with E-state index in [1.54, 1.807) is 0 Å². The van der Waals surface area contributed by atoms with Gasteiger partial charge in [0, 0.05) is 18.7 Å². The number of carboxylic acids is 1. The van der Waals surface area contributed by atoms with Crippen LogP contribution in [0.5, 0.6) is 0 Å². The lowest BCUT2D eigenvalue weighted by atomic mass is 9.51. The summed E-state index contributed by atoms with van der Waals surface area (Å²) < 4.78 is 1.95. The highest BCUT2D eigenvalue weighted by Crippen LogP contribution is 2.59. The van der Waals surface area contributed by atoms with Gasteiger partial charge >= 0.3 is 5.97 Å². The maximum atomic E-state index is 10.6. The second kappa shape index (κ2) is 4.61. The smallest absolute Gasteiger partial charge is 0.305 e. The van der Waals surface area contributed by atoms with E-state index in [4.69, 9.17) is 5.11 Å². The van der Waals surface area contributed by atoms with Crippen molar-refractivity contribution in [3.05, 3.63) is 18.2 Å². The molecule has 1 N–H and O–H groups in total. The largest absolute Gasteiger partial charge is 0.481 e. The third-order valence-corrected chi connectivity index (χ3v) is 5.81. The molecule has 5 rings (SSSR count). The van der Waals surface area contributed by atoms with Gasteiger partial charge in [-0.05, 0) is 55.8 Å². The zero-order valence-electron chi connectivity index (χ0n) is 11.7. The molecule has 4 saturated carbocycles. The molecule has 1 aromatic heterocycles. The highest BCUT2D eigenvalue weighted by atomic mass is 16.4. The minimum atomic E-state index is -0.741. The molecule has 4 bridgehead atoms. The van der Waals surface area contributed by atoms with Crippen molar-refractivity contribution in [3.63, 3.8) is 0 Å². The third-order valence-electron chi connectivity index (χ3n) is 5.81. The van der Waals surface area contributed by atoms with Crippen LogP contribution < -0.4 is 0 Å². The van der Waals surface area contributed by atoms with Crippen LogP contribution >= 0.6 is 0 Å². The highest BCUT2D eigenvalue weighted by molar-refractivity contribution is 5.66. The number of imidazole rings is 1. The standard InChI is InChI=1S/C16H22N2O2/c19-15(20)1-2-18-8-14(17-9-18)16-12-4-10-3-11(6-12)7-13(16)5-10/h8-13,16H,1-7H2,(H,19,20). The molecule has 0 unspecified atom stereocenters. The van der Waals surface area contributed by atoms with E-state index < -0.39 is 5.97 Å². The van der Waals surface area contributed by atoms with E-state index in [-0.39, 0.29) is 6.42 Å². The molecule has 0 saturated heterocycles. The molecule has 20 heavy (non-hydrogen) atoms. The molecule has 1 heterocycles. The zero-order valence-corrected chi connectivity index (χ0v) is 11.7. The number of aromatic nitrogens is 2. The first-order valence-electron chi connectivity index (χ1n) is 7.92. The average Bonchev–Trinajstić information content (AvgIpc) is 2.83. The minimum absolute atomic E-state index is 0.178. The Morgan fingerprint density at radius 1 is 1.20 bits per heavy atom. The summed E-state index contributed by atoms with van der Waals surface area (Å²) in [4.78, 5) is 15.3. The molecule has 4 heteroatoms. The summed E-state index contributed by atoms with van der Waals surface area (Å²) >= 11 is 0. The molecule has 4 fully saturated rings. The van der Waals surface area contributed by atoms with E-state index in [1.165, 1.54) is 37.8 Å². The van der Waals surface area contributed by atoms with Gasteiger partial charge in [0.1, 0.15) is 0 Å². The van der Waals surface area contributed by atoms with Crippen molar-refractivity contribution in [2.24, 2.45) is 23.7 Å². The van der Waals surface area contributed by atoms with E-state index in [9.17, 15) is 4.79 Å². The second-order valence-electron chi connectivity index (χ2n) is 7.14. The van der Waals surface area contributed by atoms with Crippen molar-refractivity contribution >= 4 is 5.97 Å². The fraction of sp³-hybridized carbons (Fsp3) is 0.750. The number of nitrogens with zero attached hydrogens (tertiary/aromatic N) is 2. The SMILES string of the molecule is O=C(O)CCn1cnc(C2C3CC4CC(C3)CC2C4)c1. The number of hydrogen-bond acceptors (Lipinski definition) is 2. The Bertz CT molecular complexity index is 494. The summed E-state index contributed by atoms with van der Waals surface area (Å²) in [6.07, 6.45) is 11.2. The Morgan fingerprint density at radius 2 is 1.85 bits per heavy atom. The summed E-state index contributed by atoms with van der Waals surface area (Å²) in [6.45, 7) is 0.537. The van der Waals surface area contributed by atoms with Gasteiger partial charge in [-0.1, -0.05) is 0 Å². The van der Waals surface area contributed by atoms with Crippen molar-refractivity contribution in [2.45, 2.75) is 51.0 Å². The van der Waals surface area contributed by atoms with Crippen LogP contribution in [0.3, 0.4) is 0 Å². The number of aryl methyl sites for hydroxylation is 1. The Labute approximate surface area is 119 Å². The lowest BCUT2D eigenvalue weighted by Gasteiger charge is -2.54. The molecule has 0 atom stereocenters. The van der Waals surface area contributed by atoms with Gasteiger partial charge in [-0.25, -0.2) is 4.98 Å². The molecule has 108 valence electrons. The van der Waals surface area contributed by atoms with E-state index in [1.807, 2.05) is 10.9 Å². The fourth-order valence-corrected chi connectivity index (χ4v) is 5.30. The van der Waals surface area contributed by atoms with Crippen LogP contribution in [-0.2, 0) is 11.3 Å². The monoisotopic (exact) mass is 274 g/mol. The maximum Gasteiger partial charge on any atom is 0.305 e. The van der Waals surface area contributed by atoms with Gasteiger partial charge in [-0.3, -0.25) is 4.79 Å². The van der Waals surface area contributed by atoms with Crippen LogP contribution in [0.25, 0.3) is 0 Å². The van der Waals surface area contributed by atoms with Crippen LogP contribution in [0.15, 0.2) is 12.5 Å².